The number of esters is 1. The normalized spacial score (nSPS) is 12.5. The number of hydrogen-bond acceptors (Lipinski definition) is 5. The van der Waals surface area contributed by atoms with Crippen molar-refractivity contribution < 1.29 is 24.5 Å². The van der Waals surface area contributed by atoms with Gasteiger partial charge in [0.2, 0.25) is 5.91 Å². The molecular formula is C81H159NO5. The monoisotopic (exact) mass is 1230 g/mol. The van der Waals surface area contributed by atoms with Gasteiger partial charge in [-0.25, -0.2) is 0 Å². The first-order valence-corrected chi connectivity index (χ1v) is 40.4. The zero-order chi connectivity index (χ0) is 62.8. The molecule has 0 saturated carbocycles. The van der Waals surface area contributed by atoms with E-state index in [1.807, 2.05) is 0 Å². The van der Waals surface area contributed by atoms with Crippen molar-refractivity contribution in [3.05, 3.63) is 12.2 Å². The number of hydrogen-bond donors (Lipinski definition) is 3. The van der Waals surface area contributed by atoms with E-state index in [9.17, 15) is 19.8 Å². The molecule has 0 aliphatic rings. The maximum absolute atomic E-state index is 12.6. The van der Waals surface area contributed by atoms with E-state index >= 15 is 0 Å². The third kappa shape index (κ3) is 73.5. The van der Waals surface area contributed by atoms with Gasteiger partial charge in [0, 0.05) is 12.8 Å². The first-order valence-electron chi connectivity index (χ1n) is 40.4. The van der Waals surface area contributed by atoms with Crippen molar-refractivity contribution in [2.45, 2.75) is 482 Å². The first kappa shape index (κ1) is 85.6. The molecule has 3 N–H and O–H groups in total. The summed E-state index contributed by atoms with van der Waals surface area (Å²) in [6, 6.07) is -0.543. The molecule has 0 aromatic carbocycles. The van der Waals surface area contributed by atoms with E-state index in [4.69, 9.17) is 4.74 Å². The third-order valence-electron chi connectivity index (χ3n) is 19.3. The van der Waals surface area contributed by atoms with Crippen LogP contribution >= 0.6 is 0 Å². The molecule has 0 aromatic rings. The van der Waals surface area contributed by atoms with Crippen molar-refractivity contribution in [2.75, 3.05) is 13.2 Å². The van der Waals surface area contributed by atoms with Crippen LogP contribution in [0.1, 0.15) is 470 Å². The number of carbonyl (C=O) groups is 2. The Morgan fingerprint density at radius 1 is 0.310 bits per heavy atom. The Labute approximate surface area is 546 Å². The van der Waals surface area contributed by atoms with Gasteiger partial charge in [0.1, 0.15) is 0 Å². The number of carbonyl (C=O) groups excluding carboxylic acids is 2. The number of allylic oxidation sites excluding steroid dienone is 2. The van der Waals surface area contributed by atoms with Gasteiger partial charge in [0.05, 0.1) is 25.4 Å². The Bertz CT molecular complexity index is 1320. The van der Waals surface area contributed by atoms with E-state index in [0.29, 0.717) is 25.9 Å². The highest BCUT2D eigenvalue weighted by molar-refractivity contribution is 5.76. The van der Waals surface area contributed by atoms with Gasteiger partial charge in [-0.2, -0.15) is 0 Å². The molecule has 6 heteroatoms. The Hall–Kier alpha value is -1.40. The molecule has 0 spiro atoms. The van der Waals surface area contributed by atoms with Crippen LogP contribution in [0.2, 0.25) is 0 Å². The molecule has 0 saturated heterocycles. The summed E-state index contributed by atoms with van der Waals surface area (Å²) >= 11 is 0. The van der Waals surface area contributed by atoms with Crippen LogP contribution in [0.25, 0.3) is 0 Å². The first-order chi connectivity index (χ1) is 43.0. The molecule has 0 radical (unpaired) electrons. The summed E-state index contributed by atoms with van der Waals surface area (Å²) in [4.78, 5) is 24.7. The van der Waals surface area contributed by atoms with Gasteiger partial charge in [-0.15, -0.1) is 0 Å². The second kappa shape index (κ2) is 77.1. The highest BCUT2D eigenvalue weighted by atomic mass is 16.5. The molecule has 0 fully saturated rings. The lowest BCUT2D eigenvalue weighted by molar-refractivity contribution is -0.143. The molecule has 87 heavy (non-hydrogen) atoms. The van der Waals surface area contributed by atoms with E-state index < -0.39 is 12.1 Å². The highest BCUT2D eigenvalue weighted by Crippen LogP contribution is 2.20. The van der Waals surface area contributed by atoms with Crippen molar-refractivity contribution in [1.82, 2.24) is 5.32 Å². The molecule has 0 bridgehead atoms. The van der Waals surface area contributed by atoms with Crippen LogP contribution in [0.4, 0.5) is 0 Å². The summed E-state index contributed by atoms with van der Waals surface area (Å²) in [5, 5.41) is 23.5. The van der Waals surface area contributed by atoms with E-state index in [-0.39, 0.29) is 18.5 Å². The largest absolute Gasteiger partial charge is 0.466 e. The molecule has 0 rings (SSSR count). The molecular weight excluding hydrogens is 1070 g/mol. The maximum atomic E-state index is 12.6. The number of aliphatic hydroxyl groups excluding tert-OH is 2. The Kier molecular flexibility index (Phi) is 75.8. The number of unbranched alkanes of at least 4 members (excludes halogenated alkanes) is 64. The number of rotatable bonds is 77. The Balaban J connectivity index is 3.36. The van der Waals surface area contributed by atoms with Gasteiger partial charge in [0.15, 0.2) is 0 Å². The van der Waals surface area contributed by atoms with Crippen LogP contribution in [-0.4, -0.2) is 47.4 Å². The van der Waals surface area contributed by atoms with Gasteiger partial charge in [-0.3, -0.25) is 9.59 Å². The lowest BCUT2D eigenvalue weighted by atomic mass is 10.0. The second-order valence-electron chi connectivity index (χ2n) is 28.1. The summed E-state index contributed by atoms with van der Waals surface area (Å²) in [6.45, 7) is 5.02. The van der Waals surface area contributed by atoms with Crippen LogP contribution in [0.15, 0.2) is 12.2 Å². The average Bonchev–Trinajstić information content (AvgIpc) is 3.58. The molecule has 2 unspecified atom stereocenters. The fourth-order valence-corrected chi connectivity index (χ4v) is 13.2. The van der Waals surface area contributed by atoms with E-state index in [1.165, 1.54) is 398 Å². The van der Waals surface area contributed by atoms with Crippen LogP contribution in [0, 0.1) is 0 Å². The predicted molar refractivity (Wildman–Crippen MR) is 384 cm³/mol. The molecule has 0 aromatic heterocycles. The van der Waals surface area contributed by atoms with E-state index in [2.05, 4.69) is 31.3 Å². The standard InChI is InChI=1S/C81H159NO5/c1-3-5-7-9-11-13-15-17-19-21-22-23-24-29-32-35-38-42-45-49-53-57-61-65-69-73-79(84)78(77-83)82-80(85)74-70-66-62-58-54-50-46-43-39-36-33-30-27-25-26-28-31-34-37-40-44-48-52-56-60-64-68-72-76-87-81(86)75-71-67-63-59-55-51-47-41-20-18-16-14-12-10-8-6-4-2/h25-26,78-79,83-84H,3-24,27-77H2,1-2H3,(H,82,85)/b26-25-. The van der Waals surface area contributed by atoms with Crippen LogP contribution < -0.4 is 5.32 Å². The van der Waals surface area contributed by atoms with Gasteiger partial charge >= 0.3 is 5.97 Å². The summed E-state index contributed by atoms with van der Waals surface area (Å²) in [6.07, 6.45) is 97.3. The van der Waals surface area contributed by atoms with Crippen LogP contribution in [0.5, 0.6) is 0 Å². The maximum Gasteiger partial charge on any atom is 0.305 e. The summed E-state index contributed by atoms with van der Waals surface area (Å²) in [5.41, 5.74) is 0. The lowest BCUT2D eigenvalue weighted by Gasteiger charge is -2.22. The minimum atomic E-state index is -0.666. The molecule has 2 atom stereocenters. The lowest BCUT2D eigenvalue weighted by Crippen LogP contribution is -2.45. The SMILES string of the molecule is CCCCCCCCCCCCCCCCCCCCCCCCCCCC(O)C(CO)NC(=O)CCCCCCCCCCCCCC/C=C\CCCCCCCCCCCCCCOC(=O)CCCCCCCCCCCCCCCCCCC. The van der Waals surface area contributed by atoms with Crippen molar-refractivity contribution in [1.29, 1.82) is 0 Å². The minimum absolute atomic E-state index is 0.0213. The fourth-order valence-electron chi connectivity index (χ4n) is 13.2. The summed E-state index contributed by atoms with van der Waals surface area (Å²) in [7, 11) is 0. The van der Waals surface area contributed by atoms with Crippen molar-refractivity contribution in [3.8, 4) is 0 Å². The molecule has 0 aliphatic heterocycles. The minimum Gasteiger partial charge on any atom is -0.466 e. The van der Waals surface area contributed by atoms with Crippen LogP contribution in [0.3, 0.4) is 0 Å². The van der Waals surface area contributed by atoms with E-state index in [0.717, 1.165) is 38.5 Å². The number of nitrogens with one attached hydrogen (secondary N) is 1. The Morgan fingerprint density at radius 2 is 0.540 bits per heavy atom. The zero-order valence-electron chi connectivity index (χ0n) is 59.5. The number of ether oxygens (including phenoxy) is 1. The molecule has 6 nitrogen and oxygen atoms in total. The van der Waals surface area contributed by atoms with Crippen molar-refractivity contribution >= 4 is 11.9 Å². The smallest absolute Gasteiger partial charge is 0.305 e. The van der Waals surface area contributed by atoms with E-state index in [1.54, 1.807) is 0 Å². The zero-order valence-corrected chi connectivity index (χ0v) is 59.5. The third-order valence-corrected chi connectivity index (χ3v) is 19.3. The van der Waals surface area contributed by atoms with Gasteiger partial charge in [-0.05, 0) is 51.4 Å². The molecule has 1 amide bonds. The molecule has 518 valence electrons. The fraction of sp³-hybridized carbons (Fsp3) is 0.951. The topological polar surface area (TPSA) is 95.9 Å². The number of amides is 1. The van der Waals surface area contributed by atoms with Gasteiger partial charge in [-0.1, -0.05) is 418 Å². The quantitative estimate of drug-likeness (QED) is 0.0320. The summed E-state index contributed by atoms with van der Waals surface area (Å²) < 4.78 is 5.51. The van der Waals surface area contributed by atoms with Gasteiger partial charge < -0.3 is 20.3 Å². The van der Waals surface area contributed by atoms with Crippen molar-refractivity contribution in [2.24, 2.45) is 0 Å². The summed E-state index contributed by atoms with van der Waals surface area (Å²) in [5.74, 6) is -0.00724. The molecule has 0 heterocycles. The Morgan fingerprint density at radius 3 is 0.816 bits per heavy atom. The van der Waals surface area contributed by atoms with Crippen molar-refractivity contribution in [3.63, 3.8) is 0 Å². The van der Waals surface area contributed by atoms with Gasteiger partial charge in [0.25, 0.3) is 0 Å². The highest BCUT2D eigenvalue weighted by Gasteiger charge is 2.20. The number of aliphatic hydroxyl groups is 2. The average molecular weight is 1230 g/mol. The second-order valence-corrected chi connectivity index (χ2v) is 28.1. The molecule has 0 aliphatic carbocycles. The predicted octanol–water partition coefficient (Wildman–Crippen LogP) is 26.7. The van der Waals surface area contributed by atoms with Crippen LogP contribution in [-0.2, 0) is 14.3 Å².